The van der Waals surface area contributed by atoms with Crippen LogP contribution in [0.4, 0.5) is 5.69 Å². The smallest absolute Gasteiger partial charge is 0.0414 e. The third-order valence-corrected chi connectivity index (χ3v) is 3.91. The van der Waals surface area contributed by atoms with E-state index in [0.29, 0.717) is 6.04 Å². The highest BCUT2D eigenvalue weighted by atomic mass is 15.2. The Hall–Kier alpha value is -1.02. The molecule has 1 aromatic rings. The summed E-state index contributed by atoms with van der Waals surface area (Å²) in [6.07, 6.45) is 4.04. The Bertz CT molecular complexity index is 387. The van der Waals surface area contributed by atoms with E-state index >= 15 is 0 Å². The fourth-order valence-corrected chi connectivity index (χ4v) is 2.85. The van der Waals surface area contributed by atoms with Gasteiger partial charge in [-0.25, -0.2) is 0 Å². The topological polar surface area (TPSA) is 15.3 Å². The molecule has 2 heteroatoms. The van der Waals surface area contributed by atoms with Crippen LogP contribution in [0.3, 0.4) is 0 Å². The molecule has 1 fully saturated rings. The van der Waals surface area contributed by atoms with E-state index in [1.165, 1.54) is 42.6 Å². The molecule has 2 nitrogen and oxygen atoms in total. The van der Waals surface area contributed by atoms with Crippen LogP contribution in [-0.4, -0.2) is 19.1 Å². The van der Waals surface area contributed by atoms with Crippen LogP contribution in [0.1, 0.15) is 44.2 Å². The van der Waals surface area contributed by atoms with Gasteiger partial charge in [-0.1, -0.05) is 24.6 Å². The molecule has 1 aliphatic rings. The Morgan fingerprint density at radius 3 is 2.89 bits per heavy atom. The molecule has 1 atom stereocenters. The molecule has 1 N–H and O–H groups in total. The lowest BCUT2D eigenvalue weighted by Crippen LogP contribution is -2.38. The highest BCUT2D eigenvalue weighted by Gasteiger charge is 2.20. The quantitative estimate of drug-likeness (QED) is 0.875. The number of aryl methyl sites for hydroxylation is 1. The zero-order valence-electron chi connectivity index (χ0n) is 12.0. The van der Waals surface area contributed by atoms with Gasteiger partial charge in [0.15, 0.2) is 0 Å². The molecule has 2 rings (SSSR count). The molecule has 0 amide bonds. The van der Waals surface area contributed by atoms with Crippen molar-refractivity contribution in [3.63, 3.8) is 0 Å². The van der Waals surface area contributed by atoms with Gasteiger partial charge in [0, 0.05) is 24.8 Å². The average molecular weight is 246 g/mol. The number of hydrogen-bond acceptors (Lipinski definition) is 2. The molecule has 1 aromatic carbocycles. The van der Waals surface area contributed by atoms with Gasteiger partial charge in [0.2, 0.25) is 0 Å². The number of rotatable bonds is 4. The summed E-state index contributed by atoms with van der Waals surface area (Å²) in [5.74, 6) is 0. The molecule has 1 aliphatic heterocycles. The highest BCUT2D eigenvalue weighted by molar-refractivity contribution is 5.56. The van der Waals surface area contributed by atoms with Gasteiger partial charge in [0.1, 0.15) is 0 Å². The summed E-state index contributed by atoms with van der Waals surface area (Å²) in [4.78, 5) is 2.59. The van der Waals surface area contributed by atoms with Crippen molar-refractivity contribution < 1.29 is 0 Å². The second kappa shape index (κ2) is 6.24. The van der Waals surface area contributed by atoms with Gasteiger partial charge in [-0.15, -0.1) is 0 Å². The van der Waals surface area contributed by atoms with Crippen LogP contribution in [0.15, 0.2) is 18.2 Å². The van der Waals surface area contributed by atoms with Crippen molar-refractivity contribution in [2.45, 2.75) is 52.6 Å². The van der Waals surface area contributed by atoms with Crippen LogP contribution in [0.5, 0.6) is 0 Å². The molecular weight excluding hydrogens is 220 g/mol. The monoisotopic (exact) mass is 246 g/mol. The molecule has 100 valence electrons. The third kappa shape index (κ3) is 3.05. The average Bonchev–Trinajstić information content (AvgIpc) is 2.37. The van der Waals surface area contributed by atoms with Gasteiger partial charge in [0.05, 0.1) is 0 Å². The van der Waals surface area contributed by atoms with Crippen molar-refractivity contribution in [1.82, 2.24) is 5.32 Å². The minimum Gasteiger partial charge on any atom is -0.369 e. The fraction of sp³-hybridized carbons (Fsp3) is 0.625. The summed E-state index contributed by atoms with van der Waals surface area (Å²) in [5, 5.41) is 3.46. The van der Waals surface area contributed by atoms with Gasteiger partial charge < -0.3 is 10.2 Å². The number of piperidine rings is 1. The number of benzene rings is 1. The van der Waals surface area contributed by atoms with Gasteiger partial charge in [0.25, 0.3) is 0 Å². The van der Waals surface area contributed by atoms with E-state index in [1.807, 2.05) is 0 Å². The van der Waals surface area contributed by atoms with Crippen LogP contribution in [0.25, 0.3) is 0 Å². The predicted octanol–water partition coefficient (Wildman–Crippen LogP) is 3.48. The van der Waals surface area contributed by atoms with Gasteiger partial charge in [-0.05, 0) is 51.3 Å². The zero-order chi connectivity index (χ0) is 13.0. The Morgan fingerprint density at radius 1 is 1.33 bits per heavy atom. The normalized spacial score (nSPS) is 20.2. The second-order valence-corrected chi connectivity index (χ2v) is 5.45. The van der Waals surface area contributed by atoms with Crippen LogP contribution in [-0.2, 0) is 6.54 Å². The Labute approximate surface area is 111 Å². The van der Waals surface area contributed by atoms with Crippen molar-refractivity contribution in [2.75, 3.05) is 18.0 Å². The third-order valence-electron chi connectivity index (χ3n) is 3.91. The number of anilines is 1. The maximum Gasteiger partial charge on any atom is 0.0414 e. The molecule has 1 saturated heterocycles. The minimum absolute atomic E-state index is 0.682. The summed E-state index contributed by atoms with van der Waals surface area (Å²) in [7, 11) is 0. The Kier molecular flexibility index (Phi) is 4.65. The summed E-state index contributed by atoms with van der Waals surface area (Å²) in [6, 6.07) is 7.57. The first-order chi connectivity index (χ1) is 8.72. The number of nitrogens with zero attached hydrogens (tertiary/aromatic N) is 1. The first-order valence-electron chi connectivity index (χ1n) is 7.29. The molecule has 1 unspecified atom stereocenters. The van der Waals surface area contributed by atoms with Crippen LogP contribution >= 0.6 is 0 Å². The zero-order valence-corrected chi connectivity index (χ0v) is 12.0. The SMILES string of the molecule is CCNCc1cc(C)ccc1N1CCCCC1C. The molecule has 1 heterocycles. The van der Waals surface area contributed by atoms with Crippen molar-refractivity contribution in [3.8, 4) is 0 Å². The molecule has 0 aromatic heterocycles. The second-order valence-electron chi connectivity index (χ2n) is 5.45. The lowest BCUT2D eigenvalue weighted by atomic mass is 10.00. The maximum absolute atomic E-state index is 3.46. The largest absolute Gasteiger partial charge is 0.369 e. The highest BCUT2D eigenvalue weighted by Crippen LogP contribution is 2.28. The summed E-state index contributed by atoms with van der Waals surface area (Å²) < 4.78 is 0. The van der Waals surface area contributed by atoms with Crippen molar-refractivity contribution in [3.05, 3.63) is 29.3 Å². The summed E-state index contributed by atoms with van der Waals surface area (Å²) in [5.41, 5.74) is 4.25. The fourth-order valence-electron chi connectivity index (χ4n) is 2.85. The van der Waals surface area contributed by atoms with Crippen LogP contribution in [0, 0.1) is 6.92 Å². The lowest BCUT2D eigenvalue weighted by Gasteiger charge is -2.37. The van der Waals surface area contributed by atoms with Gasteiger partial charge in [-0.2, -0.15) is 0 Å². The molecule has 18 heavy (non-hydrogen) atoms. The van der Waals surface area contributed by atoms with Crippen LogP contribution < -0.4 is 10.2 Å². The maximum atomic E-state index is 3.46. The predicted molar refractivity (Wildman–Crippen MR) is 79.2 cm³/mol. The number of hydrogen-bond donors (Lipinski definition) is 1. The van der Waals surface area contributed by atoms with E-state index in [9.17, 15) is 0 Å². The van der Waals surface area contributed by atoms with E-state index in [2.05, 4.69) is 49.2 Å². The first kappa shape index (κ1) is 13.4. The molecule has 0 radical (unpaired) electrons. The van der Waals surface area contributed by atoms with E-state index in [4.69, 9.17) is 0 Å². The van der Waals surface area contributed by atoms with Crippen molar-refractivity contribution in [1.29, 1.82) is 0 Å². The summed E-state index contributed by atoms with van der Waals surface area (Å²) in [6.45, 7) is 9.93. The van der Waals surface area contributed by atoms with E-state index in [1.54, 1.807) is 0 Å². The first-order valence-corrected chi connectivity index (χ1v) is 7.29. The van der Waals surface area contributed by atoms with E-state index < -0.39 is 0 Å². The van der Waals surface area contributed by atoms with Crippen molar-refractivity contribution in [2.24, 2.45) is 0 Å². The molecule has 0 spiro atoms. The van der Waals surface area contributed by atoms with E-state index in [0.717, 1.165) is 13.1 Å². The van der Waals surface area contributed by atoms with Crippen molar-refractivity contribution >= 4 is 5.69 Å². The van der Waals surface area contributed by atoms with Gasteiger partial charge in [-0.3, -0.25) is 0 Å². The molecule has 0 bridgehead atoms. The van der Waals surface area contributed by atoms with E-state index in [-0.39, 0.29) is 0 Å². The van der Waals surface area contributed by atoms with Crippen LogP contribution in [0.2, 0.25) is 0 Å². The number of nitrogens with one attached hydrogen (secondary N) is 1. The minimum atomic E-state index is 0.682. The standard InChI is InChI=1S/C16H26N2/c1-4-17-12-15-11-13(2)8-9-16(15)18-10-6-5-7-14(18)3/h8-9,11,14,17H,4-7,10,12H2,1-3H3. The Morgan fingerprint density at radius 2 is 2.17 bits per heavy atom. The molecular formula is C16H26N2. The Balaban J connectivity index is 2.24. The lowest BCUT2D eigenvalue weighted by molar-refractivity contribution is 0.483. The van der Waals surface area contributed by atoms with Gasteiger partial charge >= 0.3 is 0 Å². The summed E-state index contributed by atoms with van der Waals surface area (Å²) >= 11 is 0. The molecule has 0 aliphatic carbocycles. The molecule has 0 saturated carbocycles.